The van der Waals surface area contributed by atoms with Gasteiger partial charge in [-0.2, -0.15) is 0 Å². The van der Waals surface area contributed by atoms with Crippen molar-refractivity contribution in [2.24, 2.45) is 11.5 Å². The molecular formula is C24H27FN6O2. The summed E-state index contributed by atoms with van der Waals surface area (Å²) in [6.45, 7) is 0.355. The molecule has 1 aliphatic rings. The van der Waals surface area contributed by atoms with Crippen LogP contribution < -0.4 is 26.8 Å². The molecule has 0 radical (unpaired) electrons. The molecule has 4 rings (SSSR count). The summed E-state index contributed by atoms with van der Waals surface area (Å²) < 4.78 is 20.5. The fraction of sp³-hybridized carbons (Fsp3) is 0.292. The first-order valence-corrected chi connectivity index (χ1v) is 10.9. The van der Waals surface area contributed by atoms with Crippen molar-refractivity contribution in [3.05, 3.63) is 71.7 Å². The van der Waals surface area contributed by atoms with Crippen LogP contribution in [0.1, 0.15) is 41.6 Å². The van der Waals surface area contributed by atoms with Crippen LogP contribution in [0.15, 0.2) is 54.7 Å². The van der Waals surface area contributed by atoms with Crippen LogP contribution in [0.3, 0.4) is 0 Å². The number of rotatable bonds is 8. The van der Waals surface area contributed by atoms with E-state index in [0.717, 1.165) is 37.3 Å². The average molecular weight is 451 g/mol. The number of hydrogen-bond donors (Lipinski definition) is 4. The molecule has 6 N–H and O–H groups in total. The Hall–Kier alpha value is -3.72. The molecule has 9 heteroatoms. The number of ether oxygens (including phenoxy) is 1. The maximum absolute atomic E-state index is 14.7. The first-order chi connectivity index (χ1) is 16.0. The Morgan fingerprint density at radius 1 is 1.12 bits per heavy atom. The molecule has 0 aliphatic heterocycles. The second-order valence-electron chi connectivity index (χ2n) is 8.06. The number of aromatic nitrogens is 2. The highest BCUT2D eigenvalue weighted by Crippen LogP contribution is 2.27. The van der Waals surface area contributed by atoms with Crippen molar-refractivity contribution in [2.75, 3.05) is 10.6 Å². The lowest BCUT2D eigenvalue weighted by molar-refractivity contribution is 0.100. The number of amides is 1. The monoisotopic (exact) mass is 450 g/mol. The predicted octanol–water partition coefficient (Wildman–Crippen LogP) is 3.72. The number of benzene rings is 1. The van der Waals surface area contributed by atoms with Crippen molar-refractivity contribution in [1.82, 2.24) is 9.97 Å². The number of halogens is 1. The van der Waals surface area contributed by atoms with Gasteiger partial charge in [0.15, 0.2) is 11.6 Å². The van der Waals surface area contributed by atoms with E-state index in [1.54, 1.807) is 18.3 Å². The molecule has 0 spiro atoms. The van der Waals surface area contributed by atoms with Crippen LogP contribution in [0.4, 0.5) is 21.7 Å². The minimum atomic E-state index is -0.792. The van der Waals surface area contributed by atoms with Gasteiger partial charge in [0, 0.05) is 30.0 Å². The molecule has 1 aromatic carbocycles. The molecule has 172 valence electrons. The Balaban J connectivity index is 1.54. The SMILES string of the molecule is NC(=O)c1cc(F)c(NC2CCCCC2N)nc1Nc1ccnc(OCc2ccccc2)c1. The molecule has 2 atom stereocenters. The number of pyridine rings is 2. The molecule has 1 fully saturated rings. The van der Waals surface area contributed by atoms with Crippen molar-refractivity contribution >= 4 is 23.2 Å². The average Bonchev–Trinajstić information content (AvgIpc) is 2.82. The lowest BCUT2D eigenvalue weighted by Crippen LogP contribution is -2.43. The van der Waals surface area contributed by atoms with E-state index >= 15 is 0 Å². The fourth-order valence-corrected chi connectivity index (χ4v) is 3.82. The van der Waals surface area contributed by atoms with Crippen molar-refractivity contribution in [3.8, 4) is 5.88 Å². The normalized spacial score (nSPS) is 17.9. The highest BCUT2D eigenvalue weighted by atomic mass is 19.1. The maximum Gasteiger partial charge on any atom is 0.252 e. The summed E-state index contributed by atoms with van der Waals surface area (Å²) in [5.41, 5.74) is 13.2. The smallest absolute Gasteiger partial charge is 0.252 e. The van der Waals surface area contributed by atoms with E-state index in [-0.39, 0.29) is 29.3 Å². The number of carbonyl (C=O) groups excluding carboxylic acids is 1. The molecule has 1 amide bonds. The van der Waals surface area contributed by atoms with Crippen molar-refractivity contribution < 1.29 is 13.9 Å². The van der Waals surface area contributed by atoms with Crippen molar-refractivity contribution in [1.29, 1.82) is 0 Å². The van der Waals surface area contributed by atoms with Gasteiger partial charge in [-0.1, -0.05) is 43.2 Å². The predicted molar refractivity (Wildman–Crippen MR) is 125 cm³/mol. The Kier molecular flexibility index (Phi) is 6.99. The van der Waals surface area contributed by atoms with E-state index < -0.39 is 11.7 Å². The molecule has 1 saturated carbocycles. The summed E-state index contributed by atoms with van der Waals surface area (Å²) >= 11 is 0. The van der Waals surface area contributed by atoms with Crippen LogP contribution >= 0.6 is 0 Å². The maximum atomic E-state index is 14.7. The second kappa shape index (κ2) is 10.3. The molecular weight excluding hydrogens is 423 g/mol. The van der Waals surface area contributed by atoms with Gasteiger partial charge in [0.25, 0.3) is 5.91 Å². The zero-order valence-corrected chi connectivity index (χ0v) is 18.1. The first-order valence-electron chi connectivity index (χ1n) is 10.9. The van der Waals surface area contributed by atoms with Gasteiger partial charge >= 0.3 is 0 Å². The second-order valence-corrected chi connectivity index (χ2v) is 8.06. The molecule has 2 unspecified atom stereocenters. The van der Waals surface area contributed by atoms with E-state index in [4.69, 9.17) is 16.2 Å². The van der Waals surface area contributed by atoms with Gasteiger partial charge < -0.3 is 26.8 Å². The summed E-state index contributed by atoms with van der Waals surface area (Å²) in [6, 6.07) is 14.0. The Bertz CT molecular complexity index is 1110. The standard InChI is InChI=1S/C24H27FN6O2/c25-18-13-17(22(27)32)23(31-24(18)30-20-9-5-4-8-19(20)26)29-16-10-11-28-21(12-16)33-14-15-6-2-1-3-7-15/h1-3,6-7,10-13,19-20H,4-5,8-9,14,26H2,(H2,27,32)(H2,28,29,30,31). The lowest BCUT2D eigenvalue weighted by atomic mass is 9.91. The molecule has 1 aliphatic carbocycles. The third-order valence-corrected chi connectivity index (χ3v) is 5.61. The van der Waals surface area contributed by atoms with Crippen molar-refractivity contribution in [2.45, 2.75) is 44.4 Å². The quantitative estimate of drug-likeness (QED) is 0.412. The molecule has 0 saturated heterocycles. The third-order valence-electron chi connectivity index (χ3n) is 5.61. The van der Waals surface area contributed by atoms with Gasteiger partial charge in [-0.15, -0.1) is 0 Å². The largest absolute Gasteiger partial charge is 0.473 e. The van der Waals surface area contributed by atoms with Crippen molar-refractivity contribution in [3.63, 3.8) is 0 Å². The van der Waals surface area contributed by atoms with Crippen LogP contribution in [-0.2, 0) is 6.61 Å². The summed E-state index contributed by atoms with van der Waals surface area (Å²) in [5.74, 6) is -0.901. The van der Waals surface area contributed by atoms with E-state index in [1.807, 2.05) is 30.3 Å². The molecule has 2 aromatic heterocycles. The summed E-state index contributed by atoms with van der Waals surface area (Å²) in [5, 5.41) is 6.14. The van der Waals surface area contributed by atoms with Crippen LogP contribution in [0.25, 0.3) is 0 Å². The zero-order chi connectivity index (χ0) is 23.2. The minimum Gasteiger partial charge on any atom is -0.473 e. The summed E-state index contributed by atoms with van der Waals surface area (Å²) in [6.07, 6.45) is 5.33. The van der Waals surface area contributed by atoms with E-state index in [2.05, 4.69) is 20.6 Å². The number of hydrogen-bond acceptors (Lipinski definition) is 7. The number of anilines is 3. The molecule has 0 bridgehead atoms. The highest BCUT2D eigenvalue weighted by Gasteiger charge is 2.24. The van der Waals surface area contributed by atoms with Gasteiger partial charge in [-0.05, 0) is 30.5 Å². The number of nitrogens with zero attached hydrogens (tertiary/aromatic N) is 2. The van der Waals surface area contributed by atoms with Gasteiger partial charge in [0.2, 0.25) is 5.88 Å². The fourth-order valence-electron chi connectivity index (χ4n) is 3.82. The number of primary amides is 1. The minimum absolute atomic E-state index is 0.0273. The van der Waals surface area contributed by atoms with Gasteiger partial charge in [0.05, 0.1) is 5.56 Å². The Morgan fingerprint density at radius 3 is 2.67 bits per heavy atom. The van der Waals surface area contributed by atoms with Crippen LogP contribution in [-0.4, -0.2) is 28.0 Å². The lowest BCUT2D eigenvalue weighted by Gasteiger charge is -2.30. The Morgan fingerprint density at radius 2 is 1.91 bits per heavy atom. The number of carbonyl (C=O) groups is 1. The van der Waals surface area contributed by atoms with Gasteiger partial charge in [0.1, 0.15) is 12.4 Å². The topological polar surface area (TPSA) is 128 Å². The number of nitrogens with one attached hydrogen (secondary N) is 2. The van der Waals surface area contributed by atoms with Gasteiger partial charge in [-0.25, -0.2) is 14.4 Å². The molecule has 3 aromatic rings. The van der Waals surface area contributed by atoms with Crippen LogP contribution in [0.2, 0.25) is 0 Å². The highest BCUT2D eigenvalue weighted by molar-refractivity contribution is 5.98. The molecule has 33 heavy (non-hydrogen) atoms. The van der Waals surface area contributed by atoms with E-state index in [9.17, 15) is 9.18 Å². The summed E-state index contributed by atoms with van der Waals surface area (Å²) in [7, 11) is 0. The molecule has 8 nitrogen and oxygen atoms in total. The first kappa shape index (κ1) is 22.5. The third kappa shape index (κ3) is 5.75. The number of nitrogens with two attached hydrogens (primary N) is 2. The van der Waals surface area contributed by atoms with Gasteiger partial charge in [-0.3, -0.25) is 4.79 Å². The van der Waals surface area contributed by atoms with E-state index in [0.29, 0.717) is 18.2 Å². The van der Waals surface area contributed by atoms with Crippen LogP contribution in [0.5, 0.6) is 5.88 Å². The zero-order valence-electron chi connectivity index (χ0n) is 18.1. The molecule has 2 heterocycles. The summed E-state index contributed by atoms with van der Waals surface area (Å²) in [4.78, 5) is 20.5. The van der Waals surface area contributed by atoms with Crippen LogP contribution in [0, 0.1) is 5.82 Å². The Labute approximate surface area is 191 Å². The van der Waals surface area contributed by atoms with E-state index in [1.165, 1.54) is 0 Å².